The van der Waals surface area contributed by atoms with Crippen molar-refractivity contribution in [2.45, 2.75) is 32.8 Å². The fourth-order valence-electron chi connectivity index (χ4n) is 5.16. The summed E-state index contributed by atoms with van der Waals surface area (Å²) in [4.78, 5) is 38.8. The second-order valence-electron chi connectivity index (χ2n) is 8.48. The largest absolute Gasteiger partial charge is 0.508 e. The van der Waals surface area contributed by atoms with Crippen molar-refractivity contribution in [3.8, 4) is 5.75 Å². The number of allylic oxidation sites excluding steroid dienone is 2. The number of phenols is 1. The third-order valence-electron chi connectivity index (χ3n) is 6.54. The summed E-state index contributed by atoms with van der Waals surface area (Å²) in [7, 11) is -0.159. The van der Waals surface area contributed by atoms with E-state index in [2.05, 4.69) is 20.7 Å². The van der Waals surface area contributed by atoms with Gasteiger partial charge in [-0.3, -0.25) is 9.59 Å². The Morgan fingerprint density at radius 1 is 1.29 bits per heavy atom. The topological polar surface area (TPSA) is 113 Å². The van der Waals surface area contributed by atoms with Gasteiger partial charge in [0, 0.05) is 10.0 Å². The number of imide groups is 3. The number of hydrogen-bond acceptors (Lipinski definition) is 7. The minimum atomic E-state index is -1.28. The molecule has 31 heavy (non-hydrogen) atoms. The zero-order valence-corrected chi connectivity index (χ0v) is 19.0. The van der Waals surface area contributed by atoms with E-state index in [1.807, 2.05) is 13.8 Å². The Bertz CT molecular complexity index is 994. The number of aromatic hydroxyl groups is 1. The van der Waals surface area contributed by atoms with Crippen LogP contribution in [0.15, 0.2) is 33.7 Å². The first-order valence-corrected chi connectivity index (χ1v) is 11.0. The first kappa shape index (κ1) is 22.0. The molecule has 0 aromatic heterocycles. The molecule has 164 valence electrons. The Morgan fingerprint density at radius 3 is 2.65 bits per heavy atom. The summed E-state index contributed by atoms with van der Waals surface area (Å²) < 4.78 is 11.3. The van der Waals surface area contributed by atoms with Crippen molar-refractivity contribution in [1.29, 1.82) is 0 Å². The molecule has 2 N–H and O–H groups in total. The van der Waals surface area contributed by atoms with E-state index >= 15 is 0 Å². The number of fused-ring (bicyclic) bond motifs is 3. The molecule has 4 atom stereocenters. The molecular formula is C21H23BBrNO7. The highest BCUT2D eigenvalue weighted by atomic mass is 79.9. The lowest BCUT2D eigenvalue weighted by molar-refractivity contribution is -0.137. The maximum absolute atomic E-state index is 13.2. The molecule has 0 unspecified atom stereocenters. The average Bonchev–Trinajstić information content (AvgIpc) is 2.98. The van der Waals surface area contributed by atoms with Crippen LogP contribution in [0.3, 0.4) is 0 Å². The number of benzene rings is 1. The number of ether oxygens (including phenoxy) is 1. The van der Waals surface area contributed by atoms with Gasteiger partial charge >= 0.3 is 13.2 Å². The van der Waals surface area contributed by atoms with Crippen molar-refractivity contribution in [1.82, 2.24) is 4.90 Å². The molecule has 3 amide bonds. The number of rotatable bonds is 2. The van der Waals surface area contributed by atoms with E-state index in [1.54, 1.807) is 12.1 Å². The maximum atomic E-state index is 13.2. The maximum Gasteiger partial charge on any atom is 0.487 e. The van der Waals surface area contributed by atoms with Gasteiger partial charge in [-0.2, -0.15) is 4.90 Å². The second kappa shape index (κ2) is 8.07. The number of methoxy groups -OCH3 is 1. The summed E-state index contributed by atoms with van der Waals surface area (Å²) in [6, 6.07) is 4.91. The van der Waals surface area contributed by atoms with Crippen LogP contribution in [0.25, 0.3) is 0 Å². The highest BCUT2D eigenvalue weighted by Crippen LogP contribution is 2.53. The molecule has 0 bridgehead atoms. The summed E-state index contributed by atoms with van der Waals surface area (Å²) in [5.41, 5.74) is 1.95. The molecule has 1 aromatic carbocycles. The van der Waals surface area contributed by atoms with E-state index in [4.69, 9.17) is 4.65 Å². The van der Waals surface area contributed by atoms with Gasteiger partial charge in [-0.15, -0.1) is 0 Å². The normalized spacial score (nSPS) is 28.2. The summed E-state index contributed by atoms with van der Waals surface area (Å²) in [5, 5.41) is 21.3. The van der Waals surface area contributed by atoms with Gasteiger partial charge in [0.1, 0.15) is 5.75 Å². The number of hydrogen-bond donors (Lipinski definition) is 2. The number of carbonyl (C=O) groups is 3. The summed E-state index contributed by atoms with van der Waals surface area (Å²) in [5.74, 6) is -3.15. The van der Waals surface area contributed by atoms with Gasteiger partial charge in [0.15, 0.2) is 0 Å². The number of phenolic OH excluding ortho intramolecular Hbond substituents is 1. The van der Waals surface area contributed by atoms with Gasteiger partial charge < -0.3 is 19.5 Å². The smallest absolute Gasteiger partial charge is 0.487 e. The van der Waals surface area contributed by atoms with Crippen LogP contribution in [0.4, 0.5) is 4.79 Å². The first-order chi connectivity index (χ1) is 14.6. The fourth-order valence-corrected chi connectivity index (χ4v) is 5.54. The Hall–Kier alpha value is -2.17. The van der Waals surface area contributed by atoms with Crippen LogP contribution in [-0.4, -0.2) is 47.2 Å². The Balaban J connectivity index is 1.79. The monoisotopic (exact) mass is 491 g/mol. The molecule has 0 saturated carbocycles. The molecule has 0 spiro atoms. The van der Waals surface area contributed by atoms with E-state index in [0.29, 0.717) is 15.9 Å². The fraction of sp³-hybridized carbons (Fsp3) is 0.476. The SMILES string of the molecule is COC(=O)N1C(=O)[C@H]2[C@H](CC(C(C)C)=C3B(O)O[C@H](c4cc(Br)ccc4O)C[C@H]32)C1=O. The number of likely N-dealkylation sites (tertiary alicyclic amines) is 1. The zero-order valence-electron chi connectivity index (χ0n) is 17.4. The molecular weight excluding hydrogens is 469 g/mol. The first-order valence-electron chi connectivity index (χ1n) is 10.2. The molecule has 2 heterocycles. The van der Waals surface area contributed by atoms with Crippen LogP contribution in [0.1, 0.15) is 38.4 Å². The van der Waals surface area contributed by atoms with Gasteiger partial charge in [-0.25, -0.2) is 4.79 Å². The molecule has 0 radical (unpaired) electrons. The molecule has 8 nitrogen and oxygen atoms in total. The molecule has 2 saturated heterocycles. The van der Waals surface area contributed by atoms with Crippen molar-refractivity contribution in [2.24, 2.45) is 23.7 Å². The van der Waals surface area contributed by atoms with E-state index in [-0.39, 0.29) is 24.5 Å². The lowest BCUT2D eigenvalue weighted by Gasteiger charge is -2.43. The van der Waals surface area contributed by atoms with Crippen molar-refractivity contribution >= 4 is 41.0 Å². The van der Waals surface area contributed by atoms with E-state index in [0.717, 1.165) is 17.2 Å². The number of halogens is 1. The van der Waals surface area contributed by atoms with Crippen LogP contribution >= 0.6 is 15.9 Å². The highest BCUT2D eigenvalue weighted by molar-refractivity contribution is 9.10. The van der Waals surface area contributed by atoms with E-state index < -0.39 is 48.9 Å². The molecule has 2 aliphatic heterocycles. The van der Waals surface area contributed by atoms with Crippen molar-refractivity contribution in [3.63, 3.8) is 0 Å². The predicted molar refractivity (Wildman–Crippen MR) is 113 cm³/mol. The molecule has 1 aromatic rings. The van der Waals surface area contributed by atoms with Gasteiger partial charge in [-0.1, -0.05) is 35.4 Å². The highest BCUT2D eigenvalue weighted by Gasteiger charge is 2.59. The predicted octanol–water partition coefficient (Wildman–Crippen LogP) is 2.98. The summed E-state index contributed by atoms with van der Waals surface area (Å²) in [6.07, 6.45) is -1.13. The minimum Gasteiger partial charge on any atom is -0.508 e. The Morgan fingerprint density at radius 2 is 2.00 bits per heavy atom. The van der Waals surface area contributed by atoms with Gasteiger partial charge in [0.25, 0.3) is 0 Å². The van der Waals surface area contributed by atoms with E-state index in [9.17, 15) is 24.5 Å². The van der Waals surface area contributed by atoms with Crippen molar-refractivity contribution < 1.29 is 33.9 Å². The Labute approximate surface area is 188 Å². The molecule has 3 aliphatic rings. The number of amides is 3. The van der Waals surface area contributed by atoms with Crippen molar-refractivity contribution in [2.75, 3.05) is 7.11 Å². The zero-order chi connectivity index (χ0) is 22.6. The third kappa shape index (κ3) is 3.50. The van der Waals surface area contributed by atoms with Crippen LogP contribution < -0.4 is 0 Å². The average molecular weight is 492 g/mol. The number of nitrogens with zero attached hydrogens (tertiary/aromatic N) is 1. The Kier molecular flexibility index (Phi) is 5.74. The van der Waals surface area contributed by atoms with Crippen LogP contribution in [0.2, 0.25) is 0 Å². The van der Waals surface area contributed by atoms with Crippen LogP contribution in [0.5, 0.6) is 5.75 Å². The number of carbonyl (C=O) groups excluding carboxylic acids is 3. The van der Waals surface area contributed by atoms with E-state index in [1.165, 1.54) is 6.07 Å². The van der Waals surface area contributed by atoms with Crippen LogP contribution in [-0.2, 0) is 19.0 Å². The second-order valence-corrected chi connectivity index (χ2v) is 9.39. The summed E-state index contributed by atoms with van der Waals surface area (Å²) >= 11 is 3.37. The molecule has 2 fully saturated rings. The standard InChI is InChI=1S/C21H23BBrNO7/c1-9(2)11-7-14-17(20(27)24(19(14)26)21(28)30-3)13-8-16(31-22(29)18(11)13)12-6-10(23)4-5-15(12)25/h4-6,9,13-14,16-17,25,29H,7-8H2,1-3H3/t13-,14-,16-,17+/m0/s1. The minimum absolute atomic E-state index is 0.00860. The molecule has 10 heteroatoms. The summed E-state index contributed by atoms with van der Waals surface area (Å²) in [6.45, 7) is 3.91. The molecule has 1 aliphatic carbocycles. The van der Waals surface area contributed by atoms with Gasteiger partial charge in [0.2, 0.25) is 11.8 Å². The van der Waals surface area contributed by atoms with Crippen LogP contribution in [0, 0.1) is 23.7 Å². The van der Waals surface area contributed by atoms with Gasteiger partial charge in [-0.05, 0) is 48.3 Å². The third-order valence-corrected chi connectivity index (χ3v) is 7.03. The lowest BCUT2D eigenvalue weighted by Crippen LogP contribution is -2.45. The van der Waals surface area contributed by atoms with Crippen molar-refractivity contribution in [3.05, 3.63) is 39.3 Å². The molecule has 4 rings (SSSR count). The quantitative estimate of drug-likeness (QED) is 0.482. The lowest BCUT2D eigenvalue weighted by atomic mass is 9.54. The van der Waals surface area contributed by atoms with Gasteiger partial charge in [0.05, 0.1) is 25.0 Å².